The van der Waals surface area contributed by atoms with E-state index in [2.05, 4.69) is 15.3 Å². The number of hydrogen-bond acceptors (Lipinski definition) is 6. The molecular formula is C22H20N4O5. The van der Waals surface area contributed by atoms with Crippen molar-refractivity contribution in [1.82, 2.24) is 14.4 Å². The number of fused-ring (bicyclic) bond motifs is 5. The molecule has 2 aromatic carbocycles. The van der Waals surface area contributed by atoms with Gasteiger partial charge in [0.25, 0.3) is 5.56 Å². The highest BCUT2D eigenvalue weighted by atomic mass is 16.5. The number of carbonyl (C=O) groups is 1. The van der Waals surface area contributed by atoms with Crippen LogP contribution in [-0.2, 0) is 4.79 Å². The highest BCUT2D eigenvalue weighted by molar-refractivity contribution is 5.96. The number of nitrogens with zero attached hydrogens (tertiary/aromatic N) is 2. The number of anilines is 1. The average molecular weight is 420 g/mol. The van der Waals surface area contributed by atoms with Gasteiger partial charge in [-0.15, -0.1) is 0 Å². The Morgan fingerprint density at radius 1 is 1.00 bits per heavy atom. The van der Waals surface area contributed by atoms with E-state index in [1.54, 1.807) is 16.5 Å². The summed E-state index contributed by atoms with van der Waals surface area (Å²) in [5, 5.41) is 2.88. The smallest absolute Gasteiger partial charge is 0.258 e. The highest BCUT2D eigenvalue weighted by Gasteiger charge is 2.35. The van der Waals surface area contributed by atoms with Crippen molar-refractivity contribution in [3.63, 3.8) is 0 Å². The van der Waals surface area contributed by atoms with E-state index < -0.39 is 5.92 Å². The summed E-state index contributed by atoms with van der Waals surface area (Å²) in [6.07, 6.45) is 0.0834. The summed E-state index contributed by atoms with van der Waals surface area (Å²) in [5.41, 5.74) is 2.27. The van der Waals surface area contributed by atoms with Crippen molar-refractivity contribution in [2.75, 3.05) is 26.6 Å². The molecule has 0 spiro atoms. The van der Waals surface area contributed by atoms with Crippen molar-refractivity contribution in [3.8, 4) is 17.2 Å². The fourth-order valence-corrected chi connectivity index (χ4v) is 4.31. The monoisotopic (exact) mass is 420 g/mol. The number of H-pyrrole nitrogens is 1. The molecule has 9 heteroatoms. The second kappa shape index (κ2) is 7.05. The molecule has 0 radical (unpaired) electrons. The number of methoxy groups -OCH3 is 3. The predicted octanol–water partition coefficient (Wildman–Crippen LogP) is 2.68. The Hall–Kier alpha value is -4.01. The molecule has 5 rings (SSSR count). The van der Waals surface area contributed by atoms with Crippen molar-refractivity contribution in [2.24, 2.45) is 0 Å². The standard InChI is InChI=1S/C22H20N4O5/c1-29-15-9-8-11(18(30-2)19(15)31-3)12-10-16(27)24-20-17(12)21(28)25-22-23-13-6-4-5-7-14(13)26(20)22/h4-9,12H,10H2,1-3H3,(H,24,27)(H,23,25,28)/t12-/m0/s1. The van der Waals surface area contributed by atoms with Crippen LogP contribution in [-0.4, -0.2) is 41.6 Å². The van der Waals surface area contributed by atoms with Crippen LogP contribution in [0.5, 0.6) is 17.2 Å². The van der Waals surface area contributed by atoms with Gasteiger partial charge in [0.05, 0.1) is 37.9 Å². The second-order valence-corrected chi connectivity index (χ2v) is 7.20. The average Bonchev–Trinajstić information content (AvgIpc) is 3.15. The second-order valence-electron chi connectivity index (χ2n) is 7.20. The fourth-order valence-electron chi connectivity index (χ4n) is 4.31. The van der Waals surface area contributed by atoms with E-state index in [-0.39, 0.29) is 17.9 Å². The number of carbonyl (C=O) groups excluding carboxylic acids is 1. The SMILES string of the molecule is COc1ccc([C@@H]2CC(=O)Nc3c2c(=O)[nH]c2nc4ccccc4n32)c(OC)c1OC. The van der Waals surface area contributed by atoms with Crippen LogP contribution in [0.2, 0.25) is 0 Å². The Bertz CT molecular complexity index is 1400. The predicted molar refractivity (Wildman–Crippen MR) is 115 cm³/mol. The first-order valence-electron chi connectivity index (χ1n) is 9.69. The molecule has 1 amide bonds. The third-order valence-electron chi connectivity index (χ3n) is 5.62. The number of aromatic nitrogens is 3. The lowest BCUT2D eigenvalue weighted by Crippen LogP contribution is -2.32. The molecule has 0 saturated carbocycles. The van der Waals surface area contributed by atoms with E-state index in [0.29, 0.717) is 45.5 Å². The first-order chi connectivity index (χ1) is 15.1. The Morgan fingerprint density at radius 3 is 2.52 bits per heavy atom. The Labute approximate surface area is 176 Å². The lowest BCUT2D eigenvalue weighted by Gasteiger charge is -2.27. The maximum atomic E-state index is 13.2. The van der Waals surface area contributed by atoms with Gasteiger partial charge in [-0.05, 0) is 18.2 Å². The summed E-state index contributed by atoms with van der Waals surface area (Å²) in [4.78, 5) is 33.3. The van der Waals surface area contributed by atoms with Crippen LogP contribution >= 0.6 is 0 Å². The molecule has 2 N–H and O–H groups in total. The van der Waals surface area contributed by atoms with Crippen LogP contribution in [0, 0.1) is 0 Å². The third-order valence-corrected chi connectivity index (χ3v) is 5.62. The van der Waals surface area contributed by atoms with Crippen LogP contribution < -0.4 is 25.1 Å². The number of hydrogen-bond donors (Lipinski definition) is 2. The van der Waals surface area contributed by atoms with Crippen LogP contribution in [0.3, 0.4) is 0 Å². The molecule has 0 aliphatic carbocycles. The van der Waals surface area contributed by atoms with Gasteiger partial charge in [-0.3, -0.25) is 19.0 Å². The normalized spacial score (nSPS) is 15.6. The lowest BCUT2D eigenvalue weighted by molar-refractivity contribution is -0.116. The number of rotatable bonds is 4. The van der Waals surface area contributed by atoms with Gasteiger partial charge in [0.15, 0.2) is 11.5 Å². The maximum absolute atomic E-state index is 13.2. The Balaban J connectivity index is 1.83. The van der Waals surface area contributed by atoms with Gasteiger partial charge < -0.3 is 19.5 Å². The first kappa shape index (κ1) is 19.0. The molecule has 31 heavy (non-hydrogen) atoms. The molecule has 4 aromatic rings. The summed E-state index contributed by atoms with van der Waals surface area (Å²) in [7, 11) is 4.56. The lowest BCUT2D eigenvalue weighted by atomic mass is 9.86. The molecule has 1 aliphatic rings. The summed E-state index contributed by atoms with van der Waals surface area (Å²) in [5.74, 6) is 1.33. The van der Waals surface area contributed by atoms with Crippen molar-refractivity contribution in [1.29, 1.82) is 0 Å². The Kier molecular flexibility index (Phi) is 4.32. The van der Waals surface area contributed by atoms with Gasteiger partial charge in [-0.1, -0.05) is 18.2 Å². The number of ether oxygens (including phenoxy) is 3. The summed E-state index contributed by atoms with van der Waals surface area (Å²) >= 11 is 0. The van der Waals surface area contributed by atoms with Crippen LogP contribution in [0.15, 0.2) is 41.2 Å². The molecule has 0 fully saturated rings. The molecule has 0 unspecified atom stereocenters. The minimum Gasteiger partial charge on any atom is -0.493 e. The molecule has 2 aromatic heterocycles. The zero-order chi connectivity index (χ0) is 21.7. The highest BCUT2D eigenvalue weighted by Crippen LogP contribution is 2.46. The van der Waals surface area contributed by atoms with Crippen molar-refractivity contribution in [2.45, 2.75) is 12.3 Å². The van der Waals surface area contributed by atoms with Gasteiger partial charge in [0.1, 0.15) is 5.82 Å². The molecule has 1 atom stereocenters. The third kappa shape index (κ3) is 2.73. The summed E-state index contributed by atoms with van der Waals surface area (Å²) in [6.45, 7) is 0. The van der Waals surface area contributed by atoms with Gasteiger partial charge in [-0.2, -0.15) is 0 Å². The number of nitrogens with one attached hydrogen (secondary N) is 2. The zero-order valence-corrected chi connectivity index (χ0v) is 17.2. The topological polar surface area (TPSA) is 107 Å². The van der Waals surface area contributed by atoms with Gasteiger partial charge in [0, 0.05) is 17.9 Å². The van der Waals surface area contributed by atoms with E-state index in [9.17, 15) is 9.59 Å². The van der Waals surface area contributed by atoms with Gasteiger partial charge in [0.2, 0.25) is 17.4 Å². The minimum atomic E-state index is -0.548. The molecule has 1 aliphatic heterocycles. The largest absolute Gasteiger partial charge is 0.493 e. The van der Waals surface area contributed by atoms with Crippen molar-refractivity contribution in [3.05, 3.63) is 57.9 Å². The molecule has 0 saturated heterocycles. The Morgan fingerprint density at radius 2 is 1.77 bits per heavy atom. The van der Waals surface area contributed by atoms with Crippen LogP contribution in [0.25, 0.3) is 16.8 Å². The number of imidazole rings is 1. The molecule has 158 valence electrons. The molecule has 9 nitrogen and oxygen atoms in total. The quantitative estimate of drug-likeness (QED) is 0.526. The van der Waals surface area contributed by atoms with Crippen LogP contribution in [0.1, 0.15) is 23.5 Å². The van der Waals surface area contributed by atoms with E-state index in [4.69, 9.17) is 14.2 Å². The number of benzene rings is 2. The van der Waals surface area contributed by atoms with Crippen molar-refractivity contribution >= 4 is 28.5 Å². The fraction of sp³-hybridized carbons (Fsp3) is 0.227. The molecule has 3 heterocycles. The van der Waals surface area contributed by atoms with E-state index in [0.717, 1.165) is 5.52 Å². The molecular weight excluding hydrogens is 400 g/mol. The van der Waals surface area contributed by atoms with E-state index in [1.807, 2.05) is 24.3 Å². The molecule has 0 bridgehead atoms. The minimum absolute atomic E-state index is 0.0834. The van der Waals surface area contributed by atoms with Crippen LogP contribution in [0.4, 0.5) is 5.82 Å². The maximum Gasteiger partial charge on any atom is 0.258 e. The summed E-state index contributed by atoms with van der Waals surface area (Å²) < 4.78 is 18.3. The van der Waals surface area contributed by atoms with Crippen molar-refractivity contribution < 1.29 is 19.0 Å². The number of aromatic amines is 1. The first-order valence-corrected chi connectivity index (χ1v) is 9.69. The van der Waals surface area contributed by atoms with E-state index in [1.165, 1.54) is 21.3 Å². The zero-order valence-electron chi connectivity index (χ0n) is 17.2. The number of para-hydroxylation sites is 2. The van der Waals surface area contributed by atoms with Gasteiger partial charge >= 0.3 is 0 Å². The van der Waals surface area contributed by atoms with E-state index >= 15 is 0 Å². The number of amides is 1. The van der Waals surface area contributed by atoms with Gasteiger partial charge in [-0.25, -0.2) is 4.98 Å². The summed E-state index contributed by atoms with van der Waals surface area (Å²) in [6, 6.07) is 11.0.